The Bertz CT molecular complexity index is 1080. The van der Waals surface area contributed by atoms with Gasteiger partial charge in [0.05, 0.1) is 18.4 Å². The molecule has 0 radical (unpaired) electrons. The third-order valence-electron chi connectivity index (χ3n) is 4.63. The third-order valence-corrected chi connectivity index (χ3v) is 5.70. The number of rotatable bonds is 4. The van der Waals surface area contributed by atoms with Gasteiger partial charge in [-0.2, -0.15) is 0 Å². The Balaban J connectivity index is 1.65. The molecular weight excluding hydrogens is 386 g/mol. The van der Waals surface area contributed by atoms with E-state index in [0.717, 1.165) is 10.6 Å². The van der Waals surface area contributed by atoms with Crippen LogP contribution in [0.3, 0.4) is 0 Å². The quantitative estimate of drug-likeness (QED) is 0.693. The van der Waals surface area contributed by atoms with Crippen LogP contribution in [0.15, 0.2) is 70.7 Å². The van der Waals surface area contributed by atoms with Gasteiger partial charge in [-0.05, 0) is 61.5 Å². The highest BCUT2D eigenvalue weighted by molar-refractivity contribution is 7.99. The molecule has 0 saturated heterocycles. The number of anilines is 2. The van der Waals surface area contributed by atoms with E-state index < -0.39 is 0 Å². The van der Waals surface area contributed by atoms with E-state index in [1.54, 1.807) is 60.7 Å². The van der Waals surface area contributed by atoms with Gasteiger partial charge >= 0.3 is 0 Å². The van der Waals surface area contributed by atoms with Crippen LogP contribution in [0.4, 0.5) is 11.4 Å². The van der Waals surface area contributed by atoms with Crippen LogP contribution in [0, 0.1) is 0 Å². The fourth-order valence-electron chi connectivity index (χ4n) is 3.15. The highest BCUT2D eigenvalue weighted by Crippen LogP contribution is 2.41. The minimum atomic E-state index is -0.215. The van der Waals surface area contributed by atoms with Crippen LogP contribution in [0.1, 0.15) is 27.6 Å². The Kier molecular flexibility index (Phi) is 5.22. The van der Waals surface area contributed by atoms with E-state index in [9.17, 15) is 9.59 Å². The van der Waals surface area contributed by atoms with Gasteiger partial charge in [-0.15, -0.1) is 0 Å². The Labute approximate surface area is 172 Å². The summed E-state index contributed by atoms with van der Waals surface area (Å²) in [5, 5.41) is 3.58. The van der Waals surface area contributed by atoms with Crippen molar-refractivity contribution in [2.45, 2.75) is 16.8 Å². The van der Waals surface area contributed by atoms with Gasteiger partial charge in [0.25, 0.3) is 11.8 Å². The predicted molar refractivity (Wildman–Crippen MR) is 113 cm³/mol. The number of ether oxygens (including phenoxy) is 1. The molecule has 0 bridgehead atoms. The second-order valence-corrected chi connectivity index (χ2v) is 7.40. The van der Waals surface area contributed by atoms with Crippen LogP contribution in [0.5, 0.6) is 5.75 Å². The minimum absolute atomic E-state index is 0.0723. The molecule has 0 atom stereocenters. The van der Waals surface area contributed by atoms with Crippen molar-refractivity contribution in [1.29, 1.82) is 0 Å². The standard InChI is InChI=1S/C22H19N3O3S/c1-3-25-18-11-8-15(24-20(26)14-6-9-16(28-2)10-7-14)13-19(18)29-21-17(22(25)27)5-4-12-23-21/h4-13H,3H2,1-2H3,(H,24,26). The first-order chi connectivity index (χ1) is 14.1. The molecule has 29 heavy (non-hydrogen) atoms. The van der Waals surface area contributed by atoms with Crippen LogP contribution in [-0.4, -0.2) is 30.5 Å². The van der Waals surface area contributed by atoms with Gasteiger partial charge in [-0.1, -0.05) is 11.8 Å². The lowest BCUT2D eigenvalue weighted by molar-refractivity contribution is 0.0983. The van der Waals surface area contributed by atoms with E-state index in [1.165, 1.54) is 11.8 Å². The number of carbonyl (C=O) groups is 2. The molecular formula is C22H19N3O3S. The first-order valence-corrected chi connectivity index (χ1v) is 9.96. The van der Waals surface area contributed by atoms with Gasteiger partial charge in [0.15, 0.2) is 0 Å². The van der Waals surface area contributed by atoms with Crippen molar-refractivity contribution in [1.82, 2.24) is 4.98 Å². The highest BCUT2D eigenvalue weighted by atomic mass is 32.2. The third kappa shape index (κ3) is 3.69. The molecule has 0 saturated carbocycles. The Morgan fingerprint density at radius 2 is 1.97 bits per heavy atom. The summed E-state index contributed by atoms with van der Waals surface area (Å²) < 4.78 is 5.13. The number of hydrogen-bond donors (Lipinski definition) is 1. The molecule has 1 aliphatic rings. The summed E-state index contributed by atoms with van der Waals surface area (Å²) in [5.41, 5.74) is 2.58. The molecule has 1 N–H and O–H groups in total. The molecule has 2 amide bonds. The second-order valence-electron chi connectivity index (χ2n) is 6.37. The first-order valence-electron chi connectivity index (χ1n) is 9.15. The average molecular weight is 405 g/mol. The highest BCUT2D eigenvalue weighted by Gasteiger charge is 2.27. The molecule has 1 aromatic heterocycles. The Morgan fingerprint density at radius 3 is 2.69 bits per heavy atom. The molecule has 0 unspecified atom stereocenters. The number of benzene rings is 2. The molecule has 0 fully saturated rings. The normalized spacial score (nSPS) is 12.6. The largest absolute Gasteiger partial charge is 0.497 e. The summed E-state index contributed by atoms with van der Waals surface area (Å²) in [6, 6.07) is 16.0. The fraction of sp³-hybridized carbons (Fsp3) is 0.136. The summed E-state index contributed by atoms with van der Waals surface area (Å²) in [6.07, 6.45) is 1.68. The lowest BCUT2D eigenvalue weighted by Crippen LogP contribution is -2.30. The maximum absolute atomic E-state index is 12.9. The van der Waals surface area contributed by atoms with Gasteiger partial charge in [0.2, 0.25) is 0 Å². The summed E-state index contributed by atoms with van der Waals surface area (Å²) in [6.45, 7) is 2.48. The number of nitrogens with one attached hydrogen (secondary N) is 1. The van der Waals surface area contributed by atoms with Crippen LogP contribution in [-0.2, 0) is 0 Å². The maximum Gasteiger partial charge on any atom is 0.261 e. The number of amides is 2. The van der Waals surface area contributed by atoms with Crippen molar-refractivity contribution in [2.75, 3.05) is 23.9 Å². The summed E-state index contributed by atoms with van der Waals surface area (Å²) >= 11 is 1.43. The van der Waals surface area contributed by atoms with Crippen molar-refractivity contribution in [3.05, 3.63) is 71.9 Å². The van der Waals surface area contributed by atoms with Crippen molar-refractivity contribution >= 4 is 35.0 Å². The van der Waals surface area contributed by atoms with Gasteiger partial charge < -0.3 is 15.0 Å². The van der Waals surface area contributed by atoms with Crippen molar-refractivity contribution in [3.63, 3.8) is 0 Å². The van der Waals surface area contributed by atoms with E-state index in [-0.39, 0.29) is 11.8 Å². The topological polar surface area (TPSA) is 71.5 Å². The molecule has 6 nitrogen and oxygen atoms in total. The molecule has 4 rings (SSSR count). The molecule has 2 aromatic carbocycles. The molecule has 0 spiro atoms. The summed E-state index contributed by atoms with van der Waals surface area (Å²) in [4.78, 5) is 32.5. The smallest absolute Gasteiger partial charge is 0.261 e. The van der Waals surface area contributed by atoms with Crippen molar-refractivity contribution < 1.29 is 14.3 Å². The zero-order chi connectivity index (χ0) is 20.4. The van der Waals surface area contributed by atoms with Crippen molar-refractivity contribution in [3.8, 4) is 5.75 Å². The molecule has 146 valence electrons. The zero-order valence-corrected chi connectivity index (χ0v) is 16.8. The maximum atomic E-state index is 12.9. The Hall–Kier alpha value is -3.32. The number of nitrogens with zero attached hydrogens (tertiary/aromatic N) is 2. The number of methoxy groups -OCH3 is 1. The van der Waals surface area contributed by atoms with E-state index in [0.29, 0.717) is 34.1 Å². The van der Waals surface area contributed by atoms with Crippen LogP contribution in [0.2, 0.25) is 0 Å². The lowest BCUT2D eigenvalue weighted by Gasteiger charge is -2.21. The number of fused-ring (bicyclic) bond motifs is 2. The van der Waals surface area contributed by atoms with Gasteiger partial charge in [0, 0.05) is 28.9 Å². The molecule has 2 heterocycles. The second kappa shape index (κ2) is 7.97. The number of hydrogen-bond acceptors (Lipinski definition) is 5. The fourth-order valence-corrected chi connectivity index (χ4v) is 4.21. The predicted octanol–water partition coefficient (Wildman–Crippen LogP) is 4.47. The van der Waals surface area contributed by atoms with E-state index in [2.05, 4.69) is 10.3 Å². The van der Waals surface area contributed by atoms with E-state index in [1.807, 2.05) is 19.1 Å². The summed E-state index contributed by atoms with van der Waals surface area (Å²) in [5.74, 6) is 0.406. The zero-order valence-electron chi connectivity index (χ0n) is 16.0. The van der Waals surface area contributed by atoms with Crippen LogP contribution < -0.4 is 15.0 Å². The van der Waals surface area contributed by atoms with E-state index >= 15 is 0 Å². The number of aromatic nitrogens is 1. The molecule has 3 aromatic rings. The average Bonchev–Trinajstić information content (AvgIpc) is 2.87. The minimum Gasteiger partial charge on any atom is -0.497 e. The van der Waals surface area contributed by atoms with Gasteiger partial charge in [-0.25, -0.2) is 4.98 Å². The first kappa shape index (κ1) is 19.0. The van der Waals surface area contributed by atoms with E-state index in [4.69, 9.17) is 4.74 Å². The van der Waals surface area contributed by atoms with Crippen molar-refractivity contribution in [2.24, 2.45) is 0 Å². The van der Waals surface area contributed by atoms with Gasteiger partial charge in [0.1, 0.15) is 10.8 Å². The number of pyridine rings is 1. The van der Waals surface area contributed by atoms with Crippen LogP contribution in [0.25, 0.3) is 0 Å². The SMILES string of the molecule is CCN1C(=O)c2cccnc2Sc2cc(NC(=O)c3ccc(OC)cc3)ccc21. The Morgan fingerprint density at radius 1 is 1.17 bits per heavy atom. The molecule has 7 heteroatoms. The van der Waals surface area contributed by atoms with Gasteiger partial charge in [-0.3, -0.25) is 9.59 Å². The number of carbonyl (C=O) groups excluding carboxylic acids is 2. The summed E-state index contributed by atoms with van der Waals surface area (Å²) in [7, 11) is 1.58. The lowest BCUT2D eigenvalue weighted by atomic mass is 10.2. The van der Waals surface area contributed by atoms with Crippen LogP contribution >= 0.6 is 11.8 Å². The molecule has 1 aliphatic heterocycles. The molecule has 0 aliphatic carbocycles. The monoisotopic (exact) mass is 405 g/mol.